The Balaban J connectivity index is 1.67. The van der Waals surface area contributed by atoms with E-state index in [4.69, 9.17) is 14.2 Å². The van der Waals surface area contributed by atoms with Crippen molar-refractivity contribution in [3.63, 3.8) is 0 Å². The Labute approximate surface area is 245 Å². The number of carbonyl (C=O) groups is 4. The van der Waals surface area contributed by atoms with E-state index in [1.807, 2.05) is 60.7 Å². The van der Waals surface area contributed by atoms with Crippen LogP contribution in [0.2, 0.25) is 0 Å². The van der Waals surface area contributed by atoms with E-state index in [-0.39, 0.29) is 19.6 Å². The topological polar surface area (TPSA) is 132 Å². The molecule has 10 nitrogen and oxygen atoms in total. The Morgan fingerprint density at radius 2 is 1.36 bits per heavy atom. The molecule has 0 radical (unpaired) electrons. The van der Waals surface area contributed by atoms with Crippen LogP contribution in [0.5, 0.6) is 11.5 Å². The van der Waals surface area contributed by atoms with E-state index in [0.29, 0.717) is 17.1 Å². The van der Waals surface area contributed by atoms with E-state index in [9.17, 15) is 19.2 Å². The van der Waals surface area contributed by atoms with E-state index < -0.39 is 41.7 Å². The number of benzene rings is 3. The molecular weight excluding hydrogens is 538 g/mol. The first-order valence-corrected chi connectivity index (χ1v) is 13.6. The SMILES string of the molecule is COc1ccc(CNC(=O)C(=O)[C@@H](NC(=O)[C@H](Cc2ccccc2)NC(=O)OCc2ccccc2)C(C)C)cc1OC. The fourth-order valence-corrected chi connectivity index (χ4v) is 4.16. The third kappa shape index (κ3) is 9.36. The van der Waals surface area contributed by atoms with Crippen molar-refractivity contribution in [3.05, 3.63) is 95.6 Å². The Kier molecular flexibility index (Phi) is 11.9. The number of nitrogens with one attached hydrogen (secondary N) is 3. The molecule has 0 unspecified atom stereocenters. The van der Waals surface area contributed by atoms with Gasteiger partial charge in [0.1, 0.15) is 12.6 Å². The van der Waals surface area contributed by atoms with Crippen LogP contribution in [0.4, 0.5) is 4.79 Å². The van der Waals surface area contributed by atoms with Gasteiger partial charge in [0.25, 0.3) is 5.91 Å². The Hall–Kier alpha value is -4.86. The molecule has 3 aromatic carbocycles. The molecule has 10 heteroatoms. The first-order valence-electron chi connectivity index (χ1n) is 13.6. The molecule has 3 amide bonds. The molecule has 222 valence electrons. The lowest BCUT2D eigenvalue weighted by Crippen LogP contribution is -2.56. The van der Waals surface area contributed by atoms with Gasteiger partial charge in [0.05, 0.1) is 20.3 Å². The normalized spacial score (nSPS) is 12.0. The first-order chi connectivity index (χ1) is 20.2. The summed E-state index contributed by atoms with van der Waals surface area (Å²) in [6, 6.07) is 21.2. The number of alkyl carbamates (subject to hydrolysis) is 1. The largest absolute Gasteiger partial charge is 0.493 e. The molecule has 0 heterocycles. The molecule has 0 fully saturated rings. The second kappa shape index (κ2) is 15.8. The number of ether oxygens (including phenoxy) is 3. The standard InChI is InChI=1S/C32H37N3O7/c1-21(2)28(29(36)31(38)33-19-24-15-16-26(40-3)27(18-24)41-4)35-30(37)25(17-22-11-7-5-8-12-22)34-32(39)42-20-23-13-9-6-10-14-23/h5-16,18,21,25,28H,17,19-20H2,1-4H3,(H,33,38)(H,34,39)(H,35,37)/t25-,28-/m0/s1. The number of hydrogen-bond donors (Lipinski definition) is 3. The van der Waals surface area contributed by atoms with Crippen LogP contribution >= 0.6 is 0 Å². The molecular formula is C32H37N3O7. The number of Topliss-reactive ketones (excluding diaryl/α,β-unsaturated/α-hetero) is 1. The monoisotopic (exact) mass is 575 g/mol. The molecule has 3 rings (SSSR count). The Morgan fingerprint density at radius 1 is 0.738 bits per heavy atom. The minimum atomic E-state index is -1.12. The highest BCUT2D eigenvalue weighted by atomic mass is 16.5. The van der Waals surface area contributed by atoms with E-state index in [2.05, 4.69) is 16.0 Å². The summed E-state index contributed by atoms with van der Waals surface area (Å²) in [5.74, 6) is -1.65. The molecule has 0 saturated carbocycles. The van der Waals surface area contributed by atoms with Gasteiger partial charge in [-0.15, -0.1) is 0 Å². The minimum Gasteiger partial charge on any atom is -0.493 e. The van der Waals surface area contributed by atoms with Gasteiger partial charge in [-0.1, -0.05) is 80.6 Å². The van der Waals surface area contributed by atoms with Gasteiger partial charge >= 0.3 is 6.09 Å². The quantitative estimate of drug-likeness (QED) is 0.251. The highest BCUT2D eigenvalue weighted by molar-refractivity contribution is 6.38. The van der Waals surface area contributed by atoms with E-state index in [0.717, 1.165) is 11.1 Å². The fraction of sp³-hybridized carbons (Fsp3) is 0.312. The summed E-state index contributed by atoms with van der Waals surface area (Å²) in [6.07, 6.45) is -0.632. The third-order valence-corrected chi connectivity index (χ3v) is 6.48. The molecule has 0 aliphatic carbocycles. The molecule has 0 aromatic heterocycles. The van der Waals surface area contributed by atoms with Crippen molar-refractivity contribution < 1.29 is 33.4 Å². The van der Waals surface area contributed by atoms with Crippen LogP contribution in [0.15, 0.2) is 78.9 Å². The van der Waals surface area contributed by atoms with E-state index >= 15 is 0 Å². The van der Waals surface area contributed by atoms with Crippen molar-refractivity contribution in [2.24, 2.45) is 5.92 Å². The molecule has 3 aromatic rings. The van der Waals surface area contributed by atoms with Gasteiger partial charge < -0.3 is 30.2 Å². The van der Waals surface area contributed by atoms with E-state index in [1.165, 1.54) is 14.2 Å². The molecule has 0 aliphatic rings. The predicted octanol–water partition coefficient (Wildman–Crippen LogP) is 3.57. The van der Waals surface area contributed by atoms with Gasteiger partial charge in [-0.3, -0.25) is 14.4 Å². The summed E-state index contributed by atoms with van der Waals surface area (Å²) < 4.78 is 15.8. The zero-order valence-corrected chi connectivity index (χ0v) is 24.2. The lowest BCUT2D eigenvalue weighted by Gasteiger charge is -2.24. The van der Waals surface area contributed by atoms with Crippen LogP contribution in [-0.4, -0.2) is 50.0 Å². The second-order valence-electron chi connectivity index (χ2n) is 9.91. The lowest BCUT2D eigenvalue weighted by molar-refractivity contribution is -0.141. The van der Waals surface area contributed by atoms with Gasteiger partial charge in [-0.2, -0.15) is 0 Å². The number of ketones is 1. The maximum atomic E-state index is 13.4. The zero-order valence-electron chi connectivity index (χ0n) is 24.2. The fourth-order valence-electron chi connectivity index (χ4n) is 4.16. The van der Waals surface area contributed by atoms with Crippen LogP contribution in [0.1, 0.15) is 30.5 Å². The number of carbonyl (C=O) groups excluding carboxylic acids is 4. The minimum absolute atomic E-state index is 0.0275. The second-order valence-corrected chi connectivity index (χ2v) is 9.91. The highest BCUT2D eigenvalue weighted by Crippen LogP contribution is 2.27. The summed E-state index contributed by atoms with van der Waals surface area (Å²) in [6.45, 7) is 3.53. The summed E-state index contributed by atoms with van der Waals surface area (Å²) in [7, 11) is 3.02. The summed E-state index contributed by atoms with van der Waals surface area (Å²) in [4.78, 5) is 52.0. The molecule has 42 heavy (non-hydrogen) atoms. The zero-order chi connectivity index (χ0) is 30.5. The van der Waals surface area contributed by atoms with Crippen LogP contribution < -0.4 is 25.4 Å². The maximum absolute atomic E-state index is 13.4. The summed E-state index contributed by atoms with van der Waals surface area (Å²) >= 11 is 0. The summed E-state index contributed by atoms with van der Waals surface area (Å²) in [5, 5.41) is 7.88. The van der Waals surface area contributed by atoms with Crippen LogP contribution in [0.3, 0.4) is 0 Å². The van der Waals surface area contributed by atoms with Gasteiger partial charge in [0.2, 0.25) is 11.7 Å². The van der Waals surface area contributed by atoms with Gasteiger partial charge in [0.15, 0.2) is 11.5 Å². The predicted molar refractivity (Wildman–Crippen MR) is 157 cm³/mol. The average Bonchev–Trinajstić information content (AvgIpc) is 3.01. The van der Waals surface area contributed by atoms with Crippen molar-refractivity contribution >= 4 is 23.7 Å². The van der Waals surface area contributed by atoms with Gasteiger partial charge in [-0.25, -0.2) is 4.79 Å². The molecule has 2 atom stereocenters. The Bertz CT molecular complexity index is 1350. The number of rotatable bonds is 14. The van der Waals surface area contributed by atoms with Crippen LogP contribution in [0.25, 0.3) is 0 Å². The van der Waals surface area contributed by atoms with Crippen molar-refractivity contribution in [1.29, 1.82) is 0 Å². The van der Waals surface area contributed by atoms with Crippen LogP contribution in [-0.2, 0) is 38.7 Å². The van der Waals surface area contributed by atoms with Gasteiger partial charge in [-0.05, 0) is 34.7 Å². The maximum Gasteiger partial charge on any atom is 0.408 e. The van der Waals surface area contributed by atoms with Crippen molar-refractivity contribution in [1.82, 2.24) is 16.0 Å². The number of amides is 3. The third-order valence-electron chi connectivity index (χ3n) is 6.48. The van der Waals surface area contributed by atoms with Crippen LogP contribution in [0, 0.1) is 5.92 Å². The molecule has 0 saturated heterocycles. The van der Waals surface area contributed by atoms with Crippen molar-refractivity contribution in [2.45, 2.75) is 45.5 Å². The highest BCUT2D eigenvalue weighted by Gasteiger charge is 2.32. The number of methoxy groups -OCH3 is 2. The van der Waals surface area contributed by atoms with E-state index in [1.54, 1.807) is 32.0 Å². The van der Waals surface area contributed by atoms with Crippen molar-refractivity contribution in [3.8, 4) is 11.5 Å². The smallest absolute Gasteiger partial charge is 0.408 e. The molecule has 3 N–H and O–H groups in total. The Morgan fingerprint density at radius 3 is 1.95 bits per heavy atom. The average molecular weight is 576 g/mol. The molecule has 0 bridgehead atoms. The summed E-state index contributed by atoms with van der Waals surface area (Å²) in [5.41, 5.74) is 2.28. The number of hydrogen-bond acceptors (Lipinski definition) is 7. The lowest BCUT2D eigenvalue weighted by atomic mass is 9.97. The molecule has 0 aliphatic heterocycles. The van der Waals surface area contributed by atoms with Crippen molar-refractivity contribution in [2.75, 3.05) is 14.2 Å². The first kappa shape index (κ1) is 31.7. The molecule has 0 spiro atoms. The van der Waals surface area contributed by atoms with Gasteiger partial charge in [0, 0.05) is 13.0 Å².